The van der Waals surface area contributed by atoms with Crippen LogP contribution in [0.15, 0.2) is 12.1 Å². The van der Waals surface area contributed by atoms with Gasteiger partial charge in [-0.15, -0.1) is 0 Å². The van der Waals surface area contributed by atoms with E-state index < -0.39 is 11.6 Å². The first-order chi connectivity index (χ1) is 5.15. The van der Waals surface area contributed by atoms with Crippen LogP contribution in [0.25, 0.3) is 0 Å². The topological polar surface area (TPSA) is 49.8 Å². The normalized spacial score (nSPS) is 9.18. The molecule has 0 amide bonds. The number of hydrogen-bond acceptors (Lipinski definition) is 2. The first-order valence-electron chi connectivity index (χ1n) is 2.79. The molecular formula is C7H4F2N2. The van der Waals surface area contributed by atoms with Crippen LogP contribution in [0.5, 0.6) is 0 Å². The number of nitrogen functional groups attached to an aromatic ring is 1. The van der Waals surface area contributed by atoms with E-state index in [-0.39, 0.29) is 11.3 Å². The summed E-state index contributed by atoms with van der Waals surface area (Å²) in [7, 11) is 0. The molecule has 0 aromatic heterocycles. The molecule has 56 valence electrons. The molecular weight excluding hydrogens is 150 g/mol. The fraction of sp³-hybridized carbons (Fsp3) is 0. The van der Waals surface area contributed by atoms with Gasteiger partial charge in [-0.2, -0.15) is 5.26 Å². The van der Waals surface area contributed by atoms with Gasteiger partial charge in [0.2, 0.25) is 0 Å². The van der Waals surface area contributed by atoms with Crippen molar-refractivity contribution in [2.24, 2.45) is 0 Å². The standard InChI is InChI=1S/C7H4F2N2/c8-4-1-6(9)5(3-10)7(11)2-4/h1-2H,11H2. The molecule has 0 radical (unpaired) electrons. The molecule has 1 rings (SSSR count). The second kappa shape index (κ2) is 2.54. The zero-order valence-electron chi connectivity index (χ0n) is 5.44. The van der Waals surface area contributed by atoms with E-state index >= 15 is 0 Å². The number of benzene rings is 1. The molecule has 2 nitrogen and oxygen atoms in total. The predicted molar refractivity (Wildman–Crippen MR) is 35.5 cm³/mol. The molecule has 0 fully saturated rings. The Labute approximate surface area is 61.9 Å². The van der Waals surface area contributed by atoms with Gasteiger partial charge in [-0.25, -0.2) is 8.78 Å². The highest BCUT2D eigenvalue weighted by Crippen LogP contribution is 2.16. The molecule has 0 aliphatic heterocycles. The zero-order valence-corrected chi connectivity index (χ0v) is 5.44. The Morgan fingerprint density at radius 3 is 2.45 bits per heavy atom. The maximum Gasteiger partial charge on any atom is 0.145 e. The van der Waals surface area contributed by atoms with Gasteiger partial charge in [-0.1, -0.05) is 0 Å². The SMILES string of the molecule is N#Cc1c(N)cc(F)cc1F. The Morgan fingerprint density at radius 1 is 1.36 bits per heavy atom. The fourth-order valence-electron chi connectivity index (χ4n) is 0.711. The van der Waals surface area contributed by atoms with Gasteiger partial charge in [-0.3, -0.25) is 0 Å². The van der Waals surface area contributed by atoms with Crippen molar-refractivity contribution in [2.75, 3.05) is 5.73 Å². The summed E-state index contributed by atoms with van der Waals surface area (Å²) in [6, 6.07) is 3.05. The molecule has 1 aromatic rings. The van der Waals surface area contributed by atoms with Crippen LogP contribution in [0.1, 0.15) is 5.56 Å². The third kappa shape index (κ3) is 1.27. The highest BCUT2D eigenvalue weighted by molar-refractivity contribution is 5.54. The number of anilines is 1. The molecule has 0 saturated heterocycles. The molecule has 2 N–H and O–H groups in total. The third-order valence-corrected chi connectivity index (χ3v) is 1.20. The van der Waals surface area contributed by atoms with Crippen molar-refractivity contribution < 1.29 is 8.78 Å². The van der Waals surface area contributed by atoms with Crippen LogP contribution in [0.3, 0.4) is 0 Å². The van der Waals surface area contributed by atoms with Gasteiger partial charge in [0, 0.05) is 6.07 Å². The Morgan fingerprint density at radius 2 is 2.00 bits per heavy atom. The highest BCUT2D eigenvalue weighted by atomic mass is 19.1. The monoisotopic (exact) mass is 154 g/mol. The minimum Gasteiger partial charge on any atom is -0.397 e. The lowest BCUT2D eigenvalue weighted by atomic mass is 10.2. The van der Waals surface area contributed by atoms with E-state index in [1.54, 1.807) is 0 Å². The molecule has 0 aliphatic carbocycles. The molecule has 0 heterocycles. The van der Waals surface area contributed by atoms with Crippen molar-refractivity contribution in [2.45, 2.75) is 0 Å². The molecule has 0 aliphatic rings. The quantitative estimate of drug-likeness (QED) is 0.574. The largest absolute Gasteiger partial charge is 0.397 e. The Hall–Kier alpha value is -1.63. The summed E-state index contributed by atoms with van der Waals surface area (Å²) in [6.45, 7) is 0. The van der Waals surface area contributed by atoms with Crippen molar-refractivity contribution >= 4 is 5.69 Å². The van der Waals surface area contributed by atoms with Gasteiger partial charge in [-0.05, 0) is 6.07 Å². The summed E-state index contributed by atoms with van der Waals surface area (Å²) in [6.07, 6.45) is 0. The van der Waals surface area contributed by atoms with E-state index in [1.165, 1.54) is 6.07 Å². The van der Waals surface area contributed by atoms with Crippen LogP contribution < -0.4 is 5.73 Å². The Kier molecular flexibility index (Phi) is 1.73. The lowest BCUT2D eigenvalue weighted by molar-refractivity contribution is 0.582. The first-order valence-corrected chi connectivity index (χ1v) is 2.79. The van der Waals surface area contributed by atoms with Crippen LogP contribution in [0.2, 0.25) is 0 Å². The van der Waals surface area contributed by atoms with Crippen molar-refractivity contribution in [1.82, 2.24) is 0 Å². The smallest absolute Gasteiger partial charge is 0.145 e. The van der Waals surface area contributed by atoms with Crippen LogP contribution in [-0.4, -0.2) is 0 Å². The van der Waals surface area contributed by atoms with Gasteiger partial charge in [0.15, 0.2) is 0 Å². The van der Waals surface area contributed by atoms with Crippen LogP contribution >= 0.6 is 0 Å². The molecule has 1 aromatic carbocycles. The van der Waals surface area contributed by atoms with Crippen LogP contribution in [-0.2, 0) is 0 Å². The first kappa shape index (κ1) is 7.48. The molecule has 11 heavy (non-hydrogen) atoms. The van der Waals surface area contributed by atoms with E-state index in [0.29, 0.717) is 6.07 Å². The number of halogens is 2. The molecule has 0 bridgehead atoms. The molecule has 0 saturated carbocycles. The Balaban J connectivity index is 3.40. The molecule has 0 spiro atoms. The van der Waals surface area contributed by atoms with E-state index in [4.69, 9.17) is 11.0 Å². The maximum atomic E-state index is 12.6. The average Bonchev–Trinajstić information content (AvgIpc) is 1.85. The minimum atomic E-state index is -0.926. The molecule has 4 heteroatoms. The zero-order chi connectivity index (χ0) is 8.43. The van der Waals surface area contributed by atoms with Crippen LogP contribution in [0, 0.1) is 23.0 Å². The minimum absolute atomic E-state index is 0.176. The third-order valence-electron chi connectivity index (χ3n) is 1.20. The predicted octanol–water partition coefficient (Wildman–Crippen LogP) is 1.42. The number of nitrogens with zero attached hydrogens (tertiary/aromatic N) is 1. The summed E-state index contributed by atoms with van der Waals surface area (Å²) >= 11 is 0. The van der Waals surface area contributed by atoms with Crippen molar-refractivity contribution in [1.29, 1.82) is 5.26 Å². The van der Waals surface area contributed by atoms with E-state index in [1.807, 2.05) is 0 Å². The number of nitrogens with two attached hydrogens (primary N) is 1. The van der Waals surface area contributed by atoms with Gasteiger partial charge in [0.25, 0.3) is 0 Å². The van der Waals surface area contributed by atoms with Crippen molar-refractivity contribution in [3.63, 3.8) is 0 Å². The molecule has 0 unspecified atom stereocenters. The van der Waals surface area contributed by atoms with Gasteiger partial charge in [0.1, 0.15) is 23.3 Å². The number of hydrogen-bond donors (Lipinski definition) is 1. The summed E-state index contributed by atoms with van der Waals surface area (Å²) in [4.78, 5) is 0. The van der Waals surface area contributed by atoms with Crippen molar-refractivity contribution in [3.8, 4) is 6.07 Å². The van der Waals surface area contributed by atoms with E-state index in [2.05, 4.69) is 0 Å². The number of rotatable bonds is 0. The molecule has 0 atom stereocenters. The average molecular weight is 154 g/mol. The summed E-state index contributed by atoms with van der Waals surface area (Å²) in [5.74, 6) is -1.70. The van der Waals surface area contributed by atoms with Gasteiger partial charge >= 0.3 is 0 Å². The highest BCUT2D eigenvalue weighted by Gasteiger charge is 2.06. The fourth-order valence-corrected chi connectivity index (χ4v) is 0.711. The van der Waals surface area contributed by atoms with Crippen molar-refractivity contribution in [3.05, 3.63) is 29.3 Å². The van der Waals surface area contributed by atoms with Gasteiger partial charge in [0.05, 0.1) is 5.69 Å². The lowest BCUT2D eigenvalue weighted by Crippen LogP contribution is -1.95. The maximum absolute atomic E-state index is 12.6. The Bertz CT molecular complexity index is 305. The lowest BCUT2D eigenvalue weighted by Gasteiger charge is -1.97. The second-order valence-electron chi connectivity index (χ2n) is 1.96. The van der Waals surface area contributed by atoms with E-state index in [0.717, 1.165) is 6.07 Å². The van der Waals surface area contributed by atoms with Crippen LogP contribution in [0.4, 0.5) is 14.5 Å². The number of nitriles is 1. The van der Waals surface area contributed by atoms with Gasteiger partial charge < -0.3 is 5.73 Å². The summed E-state index contributed by atoms with van der Waals surface area (Å²) in [5, 5.41) is 8.30. The summed E-state index contributed by atoms with van der Waals surface area (Å²) in [5.41, 5.74) is 4.64. The van der Waals surface area contributed by atoms with E-state index in [9.17, 15) is 8.78 Å². The second-order valence-corrected chi connectivity index (χ2v) is 1.96. The summed E-state index contributed by atoms with van der Waals surface area (Å²) < 4.78 is 24.9.